The molecule has 0 fully saturated rings. The van der Waals surface area contributed by atoms with Crippen molar-refractivity contribution in [1.29, 1.82) is 0 Å². The number of rotatable bonds is 13. The number of ether oxygens (including phenoxy) is 4. The minimum Gasteiger partial charge on any atom is -0.504 e. The molecule has 0 unspecified atom stereocenters. The Hall–Kier alpha value is -3.42. The molecule has 0 aliphatic rings. The first-order valence-electron chi connectivity index (χ1n) is 12.1. The fraction of sp³-hybridized carbons (Fsp3) is 0.500. The molecule has 198 valence electrons. The topological polar surface area (TPSA) is 112 Å². The Labute approximate surface area is 213 Å². The summed E-state index contributed by atoms with van der Waals surface area (Å²) >= 11 is 0. The average Bonchev–Trinajstić information content (AvgIpc) is 2.85. The van der Waals surface area contributed by atoms with Gasteiger partial charge in [0.1, 0.15) is 0 Å². The van der Waals surface area contributed by atoms with Crippen LogP contribution >= 0.6 is 0 Å². The first-order chi connectivity index (χ1) is 17.0. The van der Waals surface area contributed by atoms with E-state index >= 15 is 0 Å². The quantitative estimate of drug-likeness (QED) is 0.384. The van der Waals surface area contributed by atoms with E-state index in [9.17, 15) is 19.8 Å². The summed E-state index contributed by atoms with van der Waals surface area (Å²) in [6.07, 6.45) is 0.974. The van der Waals surface area contributed by atoms with E-state index in [4.69, 9.17) is 18.9 Å². The smallest absolute Gasteiger partial charge is 0.308 e. The Bertz CT molecular complexity index is 933. The van der Waals surface area contributed by atoms with Crippen LogP contribution in [0.4, 0.5) is 0 Å². The standard InChI is InChI=1S/C28H38O8/c1-17(2)27(31)35-15-21(11-19-7-9-23(29)25(13-19)33-5)22(16-36-28(32)18(3)4)12-20-8-10-24(30)26(14-20)34-6/h7-10,13-14,17-18,21-22,29-30H,11-12,15-16H2,1-6H3/t21-,22+. The summed E-state index contributed by atoms with van der Waals surface area (Å²) in [6.45, 7) is 7.33. The van der Waals surface area contributed by atoms with Gasteiger partial charge in [0, 0.05) is 11.8 Å². The molecule has 0 bridgehead atoms. The Balaban J connectivity index is 2.40. The molecule has 0 saturated carbocycles. The van der Waals surface area contributed by atoms with Gasteiger partial charge in [-0.25, -0.2) is 0 Å². The molecule has 0 aliphatic heterocycles. The van der Waals surface area contributed by atoms with E-state index in [1.807, 2.05) is 0 Å². The van der Waals surface area contributed by atoms with Gasteiger partial charge in [0.2, 0.25) is 0 Å². The van der Waals surface area contributed by atoms with Gasteiger partial charge in [-0.3, -0.25) is 9.59 Å². The van der Waals surface area contributed by atoms with Crippen molar-refractivity contribution in [3.05, 3.63) is 47.5 Å². The van der Waals surface area contributed by atoms with Crippen LogP contribution in [0.2, 0.25) is 0 Å². The molecular weight excluding hydrogens is 464 g/mol. The van der Waals surface area contributed by atoms with Crippen LogP contribution in [-0.4, -0.2) is 49.6 Å². The molecule has 0 spiro atoms. The lowest BCUT2D eigenvalue weighted by Gasteiger charge is -2.28. The van der Waals surface area contributed by atoms with Gasteiger partial charge >= 0.3 is 11.9 Å². The number of carbonyl (C=O) groups is 2. The van der Waals surface area contributed by atoms with Crippen LogP contribution in [0.5, 0.6) is 23.0 Å². The summed E-state index contributed by atoms with van der Waals surface area (Å²) in [7, 11) is 2.96. The minimum atomic E-state index is -0.312. The number of phenols is 2. The van der Waals surface area contributed by atoms with Gasteiger partial charge in [-0.05, 0) is 48.2 Å². The van der Waals surface area contributed by atoms with E-state index in [2.05, 4.69) is 0 Å². The van der Waals surface area contributed by atoms with Gasteiger partial charge < -0.3 is 29.2 Å². The molecule has 2 rings (SSSR count). The predicted octanol–water partition coefficient (Wildman–Crippen LogP) is 4.53. The Morgan fingerprint density at radius 2 is 1.06 bits per heavy atom. The van der Waals surface area contributed by atoms with Crippen LogP contribution in [0.1, 0.15) is 38.8 Å². The van der Waals surface area contributed by atoms with Gasteiger partial charge in [0.25, 0.3) is 0 Å². The molecule has 0 amide bonds. The molecule has 8 nitrogen and oxygen atoms in total. The second-order valence-electron chi connectivity index (χ2n) is 9.51. The highest BCUT2D eigenvalue weighted by Crippen LogP contribution is 2.32. The average molecular weight is 503 g/mol. The monoisotopic (exact) mass is 502 g/mol. The molecule has 0 radical (unpaired) electrons. The summed E-state index contributed by atoms with van der Waals surface area (Å²) in [4.78, 5) is 24.6. The van der Waals surface area contributed by atoms with E-state index in [0.29, 0.717) is 24.3 Å². The Morgan fingerprint density at radius 3 is 1.36 bits per heavy atom. The van der Waals surface area contributed by atoms with E-state index < -0.39 is 0 Å². The zero-order valence-electron chi connectivity index (χ0n) is 21.9. The lowest BCUT2D eigenvalue weighted by Crippen LogP contribution is -2.31. The van der Waals surface area contributed by atoms with Crippen molar-refractivity contribution in [2.45, 2.75) is 40.5 Å². The van der Waals surface area contributed by atoms with Crippen LogP contribution in [0.25, 0.3) is 0 Å². The normalized spacial score (nSPS) is 12.8. The third-order valence-corrected chi connectivity index (χ3v) is 5.97. The van der Waals surface area contributed by atoms with Crippen molar-refractivity contribution in [2.24, 2.45) is 23.7 Å². The number of aromatic hydroxyl groups is 2. The lowest BCUT2D eigenvalue weighted by atomic mass is 9.83. The maximum absolute atomic E-state index is 12.3. The Morgan fingerprint density at radius 1 is 0.694 bits per heavy atom. The highest BCUT2D eigenvalue weighted by atomic mass is 16.5. The molecule has 2 atom stereocenters. The molecule has 2 N–H and O–H groups in total. The first kappa shape index (κ1) is 28.8. The fourth-order valence-electron chi connectivity index (χ4n) is 3.74. The molecule has 2 aromatic rings. The number of methoxy groups -OCH3 is 2. The zero-order chi connectivity index (χ0) is 26.8. The van der Waals surface area contributed by atoms with E-state index in [0.717, 1.165) is 11.1 Å². The number of hydrogen-bond donors (Lipinski definition) is 2. The van der Waals surface area contributed by atoms with E-state index in [-0.39, 0.29) is 60.3 Å². The number of benzene rings is 2. The lowest BCUT2D eigenvalue weighted by molar-refractivity contribution is -0.153. The van der Waals surface area contributed by atoms with Crippen molar-refractivity contribution in [3.8, 4) is 23.0 Å². The highest BCUT2D eigenvalue weighted by molar-refractivity contribution is 5.71. The van der Waals surface area contributed by atoms with Gasteiger partial charge in [-0.2, -0.15) is 0 Å². The largest absolute Gasteiger partial charge is 0.504 e. The maximum Gasteiger partial charge on any atom is 0.308 e. The fourth-order valence-corrected chi connectivity index (χ4v) is 3.74. The van der Waals surface area contributed by atoms with Crippen LogP contribution in [-0.2, 0) is 31.9 Å². The zero-order valence-corrected chi connectivity index (χ0v) is 21.9. The predicted molar refractivity (Wildman–Crippen MR) is 135 cm³/mol. The summed E-state index contributed by atoms with van der Waals surface area (Å²) < 4.78 is 21.8. The SMILES string of the molecule is COc1cc(C[C@@H](COC(=O)C(C)C)[C@@H](COC(=O)C(C)C)Cc2ccc(O)c(OC)c2)ccc1O. The van der Waals surface area contributed by atoms with Crippen molar-refractivity contribution in [3.63, 3.8) is 0 Å². The Kier molecular flexibility index (Phi) is 10.9. The van der Waals surface area contributed by atoms with Crippen molar-refractivity contribution in [2.75, 3.05) is 27.4 Å². The molecule has 36 heavy (non-hydrogen) atoms. The van der Waals surface area contributed by atoms with Gasteiger partial charge in [-0.15, -0.1) is 0 Å². The van der Waals surface area contributed by atoms with Crippen LogP contribution in [0.3, 0.4) is 0 Å². The summed E-state index contributed by atoms with van der Waals surface area (Å²) in [5, 5.41) is 20.0. The molecule has 0 aliphatic carbocycles. The number of carbonyl (C=O) groups excluding carboxylic acids is 2. The summed E-state index contributed by atoms with van der Waals surface area (Å²) in [5.41, 5.74) is 1.75. The van der Waals surface area contributed by atoms with Crippen molar-refractivity contribution in [1.82, 2.24) is 0 Å². The van der Waals surface area contributed by atoms with Crippen LogP contribution in [0.15, 0.2) is 36.4 Å². The number of esters is 2. The van der Waals surface area contributed by atoms with E-state index in [1.165, 1.54) is 14.2 Å². The summed E-state index contributed by atoms with van der Waals surface area (Å²) in [6, 6.07) is 10.2. The third-order valence-electron chi connectivity index (χ3n) is 5.97. The van der Waals surface area contributed by atoms with Gasteiger partial charge in [0.05, 0.1) is 39.3 Å². The van der Waals surface area contributed by atoms with Crippen molar-refractivity contribution >= 4 is 11.9 Å². The maximum atomic E-state index is 12.3. The molecule has 0 heterocycles. The van der Waals surface area contributed by atoms with Crippen LogP contribution < -0.4 is 9.47 Å². The number of hydrogen-bond acceptors (Lipinski definition) is 8. The van der Waals surface area contributed by atoms with Gasteiger partial charge in [0.15, 0.2) is 23.0 Å². The molecular formula is C28H38O8. The highest BCUT2D eigenvalue weighted by Gasteiger charge is 2.27. The minimum absolute atomic E-state index is 0.0302. The summed E-state index contributed by atoms with van der Waals surface area (Å²) in [5.74, 6) is -0.877. The van der Waals surface area contributed by atoms with Crippen LogP contribution in [0, 0.1) is 23.7 Å². The van der Waals surface area contributed by atoms with Gasteiger partial charge in [-0.1, -0.05) is 39.8 Å². The second kappa shape index (κ2) is 13.6. The third kappa shape index (κ3) is 8.36. The second-order valence-corrected chi connectivity index (χ2v) is 9.51. The molecule has 2 aromatic carbocycles. The molecule has 0 saturated heterocycles. The molecule has 0 aromatic heterocycles. The molecule has 8 heteroatoms. The van der Waals surface area contributed by atoms with Crippen molar-refractivity contribution < 1.29 is 38.7 Å². The van der Waals surface area contributed by atoms with E-state index in [1.54, 1.807) is 64.1 Å². The first-order valence-corrected chi connectivity index (χ1v) is 12.1. The number of phenolic OH excluding ortho intramolecular Hbond substituents is 2.